The zero-order valence-corrected chi connectivity index (χ0v) is 10.4. The molecule has 6 unspecified atom stereocenters. The standard InChI is InChI=1S/C10H16N4O6/c15-1-3-5(16)6(17)9(20-3)14-2-11-4-7(14)12-10(19)13-8(4)18/h3-7,9,11,15-17H,1-2H2,(H2,12,13,18,19). The Morgan fingerprint density at radius 3 is 2.70 bits per heavy atom. The second-order valence-electron chi connectivity index (χ2n) is 4.99. The van der Waals surface area contributed by atoms with Crippen LogP contribution in [0.15, 0.2) is 0 Å². The van der Waals surface area contributed by atoms with Gasteiger partial charge in [-0.1, -0.05) is 0 Å². The van der Waals surface area contributed by atoms with Gasteiger partial charge in [0, 0.05) is 0 Å². The van der Waals surface area contributed by atoms with Gasteiger partial charge in [-0.3, -0.25) is 15.4 Å². The van der Waals surface area contributed by atoms with Crippen molar-refractivity contribution in [2.45, 2.75) is 36.7 Å². The molecule has 3 aliphatic heterocycles. The minimum Gasteiger partial charge on any atom is -0.394 e. The van der Waals surface area contributed by atoms with E-state index in [1.807, 2.05) is 0 Å². The Labute approximate surface area is 113 Å². The van der Waals surface area contributed by atoms with Crippen molar-refractivity contribution in [3.63, 3.8) is 0 Å². The molecule has 6 atom stereocenters. The number of imide groups is 1. The molecule has 20 heavy (non-hydrogen) atoms. The van der Waals surface area contributed by atoms with E-state index >= 15 is 0 Å². The number of fused-ring (bicyclic) bond motifs is 1. The monoisotopic (exact) mass is 288 g/mol. The number of carbonyl (C=O) groups is 2. The molecule has 0 bridgehead atoms. The normalized spacial score (nSPS) is 45.1. The van der Waals surface area contributed by atoms with E-state index in [-0.39, 0.29) is 6.67 Å². The van der Waals surface area contributed by atoms with Crippen molar-refractivity contribution in [1.82, 2.24) is 20.9 Å². The molecule has 0 aromatic carbocycles. The van der Waals surface area contributed by atoms with Crippen molar-refractivity contribution in [2.75, 3.05) is 13.3 Å². The third kappa shape index (κ3) is 1.97. The van der Waals surface area contributed by atoms with E-state index in [1.54, 1.807) is 0 Å². The lowest BCUT2D eigenvalue weighted by molar-refractivity contribution is -0.127. The van der Waals surface area contributed by atoms with Crippen LogP contribution >= 0.6 is 0 Å². The van der Waals surface area contributed by atoms with Gasteiger partial charge in [0.1, 0.15) is 36.7 Å². The average Bonchev–Trinajstić information content (AvgIpc) is 2.93. The Kier molecular flexibility index (Phi) is 3.36. The summed E-state index contributed by atoms with van der Waals surface area (Å²) in [5.41, 5.74) is 0. The van der Waals surface area contributed by atoms with Gasteiger partial charge >= 0.3 is 6.03 Å². The van der Waals surface area contributed by atoms with Crippen molar-refractivity contribution in [3.8, 4) is 0 Å². The summed E-state index contributed by atoms with van der Waals surface area (Å²) in [6.45, 7) is -0.243. The molecule has 3 fully saturated rings. The minimum absolute atomic E-state index is 0.190. The number of aliphatic hydroxyl groups is 3. The van der Waals surface area contributed by atoms with Crippen LogP contribution in [0.1, 0.15) is 0 Å². The van der Waals surface area contributed by atoms with E-state index in [1.165, 1.54) is 4.90 Å². The zero-order chi connectivity index (χ0) is 14.4. The van der Waals surface area contributed by atoms with E-state index < -0.39 is 55.3 Å². The Bertz CT molecular complexity index is 434. The van der Waals surface area contributed by atoms with Crippen LogP contribution in [0.4, 0.5) is 4.79 Å². The maximum Gasteiger partial charge on any atom is 0.322 e. The lowest BCUT2D eigenvalue weighted by atomic mass is 10.1. The number of rotatable bonds is 2. The lowest BCUT2D eigenvalue weighted by Crippen LogP contribution is -2.66. The largest absolute Gasteiger partial charge is 0.394 e. The summed E-state index contributed by atoms with van der Waals surface area (Å²) in [5, 5.41) is 36.4. The molecule has 0 aromatic rings. The number of hydrogen-bond donors (Lipinski definition) is 6. The molecule has 0 aromatic heterocycles. The molecular weight excluding hydrogens is 272 g/mol. The summed E-state index contributed by atoms with van der Waals surface area (Å²) in [7, 11) is 0. The van der Waals surface area contributed by atoms with Crippen molar-refractivity contribution in [3.05, 3.63) is 0 Å². The van der Waals surface area contributed by atoms with Gasteiger partial charge in [0.25, 0.3) is 0 Å². The van der Waals surface area contributed by atoms with E-state index in [0.29, 0.717) is 0 Å². The number of nitrogens with one attached hydrogen (secondary N) is 3. The number of urea groups is 1. The fraction of sp³-hybridized carbons (Fsp3) is 0.800. The molecule has 6 N–H and O–H groups in total. The predicted molar refractivity (Wildman–Crippen MR) is 61.9 cm³/mol. The quantitative estimate of drug-likeness (QED) is 0.300. The first-order valence-corrected chi connectivity index (χ1v) is 6.26. The molecule has 3 heterocycles. The molecule has 112 valence electrons. The fourth-order valence-electron chi connectivity index (χ4n) is 2.77. The summed E-state index contributed by atoms with van der Waals surface area (Å²) in [5.74, 6) is -0.465. The summed E-state index contributed by atoms with van der Waals surface area (Å²) in [4.78, 5) is 24.5. The van der Waals surface area contributed by atoms with E-state index in [4.69, 9.17) is 9.84 Å². The van der Waals surface area contributed by atoms with E-state index in [9.17, 15) is 19.8 Å². The van der Waals surface area contributed by atoms with E-state index in [2.05, 4.69) is 16.0 Å². The number of carbonyl (C=O) groups excluding carboxylic acids is 2. The smallest absolute Gasteiger partial charge is 0.322 e. The van der Waals surface area contributed by atoms with Crippen LogP contribution in [0.2, 0.25) is 0 Å². The molecule has 0 saturated carbocycles. The van der Waals surface area contributed by atoms with Gasteiger partial charge < -0.3 is 25.4 Å². The fourth-order valence-corrected chi connectivity index (χ4v) is 2.77. The highest BCUT2D eigenvalue weighted by molar-refractivity contribution is 6.00. The van der Waals surface area contributed by atoms with Gasteiger partial charge in [-0.15, -0.1) is 0 Å². The number of aliphatic hydroxyl groups excluding tert-OH is 3. The van der Waals surface area contributed by atoms with Crippen LogP contribution in [0.25, 0.3) is 0 Å². The average molecular weight is 288 g/mol. The van der Waals surface area contributed by atoms with Crippen molar-refractivity contribution >= 4 is 11.9 Å². The number of nitrogens with zero attached hydrogens (tertiary/aromatic N) is 1. The highest BCUT2D eigenvalue weighted by Gasteiger charge is 2.52. The minimum atomic E-state index is -1.24. The molecule has 3 aliphatic rings. The van der Waals surface area contributed by atoms with Crippen LogP contribution in [0.3, 0.4) is 0 Å². The highest BCUT2D eigenvalue weighted by Crippen LogP contribution is 2.27. The topological polar surface area (TPSA) is 143 Å². The molecule has 10 heteroatoms. The van der Waals surface area contributed by atoms with Gasteiger partial charge in [-0.2, -0.15) is 0 Å². The summed E-state index contributed by atoms with van der Waals surface area (Å²) < 4.78 is 5.39. The first-order valence-electron chi connectivity index (χ1n) is 6.26. The lowest BCUT2D eigenvalue weighted by Gasteiger charge is -2.34. The predicted octanol–water partition coefficient (Wildman–Crippen LogP) is -4.18. The van der Waals surface area contributed by atoms with Crippen molar-refractivity contribution in [1.29, 1.82) is 0 Å². The van der Waals surface area contributed by atoms with Crippen LogP contribution in [0, 0.1) is 0 Å². The summed E-state index contributed by atoms with van der Waals surface area (Å²) in [6.07, 6.45) is -4.97. The highest BCUT2D eigenvalue weighted by atomic mass is 16.6. The molecule has 10 nitrogen and oxygen atoms in total. The molecule has 0 radical (unpaired) electrons. The molecule has 3 saturated heterocycles. The molecule has 0 spiro atoms. The van der Waals surface area contributed by atoms with Gasteiger partial charge in [-0.05, 0) is 0 Å². The second-order valence-corrected chi connectivity index (χ2v) is 4.99. The van der Waals surface area contributed by atoms with Crippen molar-refractivity contribution < 1.29 is 29.6 Å². The van der Waals surface area contributed by atoms with Crippen LogP contribution in [0.5, 0.6) is 0 Å². The number of hydrogen-bond acceptors (Lipinski definition) is 8. The number of ether oxygens (including phenoxy) is 1. The van der Waals surface area contributed by atoms with Gasteiger partial charge in [0.15, 0.2) is 0 Å². The molecular formula is C10H16N4O6. The summed E-state index contributed by atoms with van der Waals surface area (Å²) in [6, 6.07) is -1.29. The Morgan fingerprint density at radius 1 is 1.30 bits per heavy atom. The first kappa shape index (κ1) is 13.7. The van der Waals surface area contributed by atoms with Crippen molar-refractivity contribution in [2.24, 2.45) is 0 Å². The number of amides is 3. The Morgan fingerprint density at radius 2 is 2.05 bits per heavy atom. The van der Waals surface area contributed by atoms with E-state index in [0.717, 1.165) is 0 Å². The molecule has 0 aliphatic carbocycles. The summed E-state index contributed by atoms with van der Waals surface area (Å²) >= 11 is 0. The second kappa shape index (κ2) is 4.91. The van der Waals surface area contributed by atoms with Gasteiger partial charge in [0.2, 0.25) is 5.91 Å². The Balaban J connectivity index is 1.78. The first-order chi connectivity index (χ1) is 9.52. The molecule has 3 rings (SSSR count). The Hall–Kier alpha value is -1.30. The SMILES string of the molecule is O=C1NC(=O)C2NCN(C3OC(CO)C(O)C3O)C2N1. The van der Waals surface area contributed by atoms with Gasteiger partial charge in [-0.25, -0.2) is 9.69 Å². The van der Waals surface area contributed by atoms with Gasteiger partial charge in [0.05, 0.1) is 13.3 Å². The van der Waals surface area contributed by atoms with Crippen LogP contribution < -0.4 is 16.0 Å². The maximum absolute atomic E-state index is 11.7. The third-order valence-corrected chi connectivity index (χ3v) is 3.81. The third-order valence-electron chi connectivity index (χ3n) is 3.81. The zero-order valence-electron chi connectivity index (χ0n) is 10.4. The maximum atomic E-state index is 11.7. The van der Waals surface area contributed by atoms with Crippen LogP contribution in [-0.4, -0.2) is 82.2 Å². The van der Waals surface area contributed by atoms with Crippen LogP contribution in [-0.2, 0) is 9.53 Å². The molecule has 3 amide bonds.